The average molecular weight is 362 g/mol. The molecule has 0 saturated carbocycles. The van der Waals surface area contributed by atoms with E-state index in [1.54, 1.807) is 24.3 Å². The van der Waals surface area contributed by atoms with Gasteiger partial charge in [-0.15, -0.1) is 0 Å². The van der Waals surface area contributed by atoms with Crippen molar-refractivity contribution in [3.63, 3.8) is 0 Å². The van der Waals surface area contributed by atoms with Crippen LogP contribution in [0.25, 0.3) is 0 Å². The maximum absolute atomic E-state index is 12.3. The lowest BCUT2D eigenvalue weighted by Crippen LogP contribution is -2.37. The summed E-state index contributed by atoms with van der Waals surface area (Å²) in [4.78, 5) is 26.0. The molecular weight excluding hydrogens is 346 g/mol. The third-order valence-electron chi connectivity index (χ3n) is 3.70. The van der Waals surface area contributed by atoms with Crippen molar-refractivity contribution in [2.45, 2.75) is 13.0 Å². The number of anilines is 2. The molecule has 8 heteroatoms. The molecular formula is C18H16F2N2O4. The van der Waals surface area contributed by atoms with E-state index in [4.69, 9.17) is 4.74 Å². The van der Waals surface area contributed by atoms with Gasteiger partial charge in [-0.05, 0) is 36.4 Å². The zero-order valence-electron chi connectivity index (χ0n) is 13.7. The number of hydrogen-bond acceptors (Lipinski definition) is 4. The van der Waals surface area contributed by atoms with Crippen LogP contribution < -0.4 is 19.7 Å². The summed E-state index contributed by atoms with van der Waals surface area (Å²) in [5.41, 5.74) is 0.939. The number of halogens is 2. The topological polar surface area (TPSA) is 67.9 Å². The molecule has 3 rings (SSSR count). The molecule has 0 radical (unpaired) electrons. The van der Waals surface area contributed by atoms with Crippen LogP contribution in [0.3, 0.4) is 0 Å². The number of fused-ring (bicyclic) bond motifs is 1. The van der Waals surface area contributed by atoms with Crippen molar-refractivity contribution >= 4 is 23.2 Å². The van der Waals surface area contributed by atoms with Crippen molar-refractivity contribution in [3.8, 4) is 11.5 Å². The Kier molecular flexibility index (Phi) is 5.31. The molecule has 1 heterocycles. The molecule has 6 nitrogen and oxygen atoms in total. The SMILES string of the molecule is O=C(CN1C(=O)CCOc2ccccc21)Nc1ccc(OC(F)F)cc1. The van der Waals surface area contributed by atoms with Gasteiger partial charge < -0.3 is 14.8 Å². The van der Waals surface area contributed by atoms with Gasteiger partial charge in [-0.1, -0.05) is 12.1 Å². The number of benzene rings is 2. The zero-order valence-corrected chi connectivity index (χ0v) is 13.7. The van der Waals surface area contributed by atoms with Gasteiger partial charge >= 0.3 is 6.61 Å². The van der Waals surface area contributed by atoms with E-state index in [1.165, 1.54) is 29.2 Å². The van der Waals surface area contributed by atoms with Crippen LogP contribution in [0.15, 0.2) is 48.5 Å². The molecule has 0 spiro atoms. The number of para-hydroxylation sites is 2. The van der Waals surface area contributed by atoms with E-state index < -0.39 is 12.5 Å². The smallest absolute Gasteiger partial charge is 0.387 e. The summed E-state index contributed by atoms with van der Waals surface area (Å²) in [7, 11) is 0. The van der Waals surface area contributed by atoms with E-state index in [-0.39, 0.29) is 31.2 Å². The van der Waals surface area contributed by atoms with Gasteiger partial charge in [0.05, 0.1) is 18.7 Å². The zero-order chi connectivity index (χ0) is 18.5. The number of nitrogens with zero attached hydrogens (tertiary/aromatic N) is 1. The highest BCUT2D eigenvalue weighted by Crippen LogP contribution is 2.30. The molecule has 1 aliphatic heterocycles. The van der Waals surface area contributed by atoms with Crippen molar-refractivity contribution < 1.29 is 27.8 Å². The minimum Gasteiger partial charge on any atom is -0.491 e. The number of amides is 2. The second-order valence-electron chi connectivity index (χ2n) is 5.50. The minimum absolute atomic E-state index is 0.00762. The highest BCUT2D eigenvalue weighted by Gasteiger charge is 2.25. The number of ether oxygens (including phenoxy) is 2. The van der Waals surface area contributed by atoms with Crippen molar-refractivity contribution in [1.82, 2.24) is 0 Å². The fourth-order valence-electron chi connectivity index (χ4n) is 2.56. The molecule has 2 amide bonds. The Balaban J connectivity index is 1.68. The Labute approximate surface area is 148 Å². The number of rotatable bonds is 5. The largest absolute Gasteiger partial charge is 0.491 e. The van der Waals surface area contributed by atoms with Crippen molar-refractivity contribution in [2.75, 3.05) is 23.4 Å². The molecule has 0 atom stereocenters. The van der Waals surface area contributed by atoms with Gasteiger partial charge in [0.1, 0.15) is 18.0 Å². The first-order valence-electron chi connectivity index (χ1n) is 7.90. The van der Waals surface area contributed by atoms with Gasteiger partial charge in [-0.25, -0.2) is 0 Å². The maximum Gasteiger partial charge on any atom is 0.387 e. The third-order valence-corrected chi connectivity index (χ3v) is 3.70. The monoisotopic (exact) mass is 362 g/mol. The second-order valence-corrected chi connectivity index (χ2v) is 5.50. The lowest BCUT2D eigenvalue weighted by Gasteiger charge is -2.21. The number of carbonyl (C=O) groups excluding carboxylic acids is 2. The van der Waals surface area contributed by atoms with E-state index in [1.807, 2.05) is 0 Å². The van der Waals surface area contributed by atoms with Gasteiger partial charge in [0.15, 0.2) is 0 Å². The van der Waals surface area contributed by atoms with Gasteiger partial charge in [0, 0.05) is 5.69 Å². The van der Waals surface area contributed by atoms with E-state index >= 15 is 0 Å². The van der Waals surface area contributed by atoms with Crippen molar-refractivity contribution in [1.29, 1.82) is 0 Å². The van der Waals surface area contributed by atoms with Crippen LogP contribution in [0, 0.1) is 0 Å². The van der Waals surface area contributed by atoms with Crippen LogP contribution in [-0.4, -0.2) is 31.6 Å². The molecule has 2 aromatic rings. The predicted molar refractivity (Wildman–Crippen MR) is 90.6 cm³/mol. The van der Waals surface area contributed by atoms with Crippen molar-refractivity contribution in [2.24, 2.45) is 0 Å². The molecule has 0 saturated heterocycles. The standard InChI is InChI=1S/C18H16F2N2O4/c19-18(20)26-13-7-5-12(6-8-13)21-16(23)11-22-14-3-1-2-4-15(14)25-10-9-17(22)24/h1-8,18H,9-11H2,(H,21,23). The predicted octanol–water partition coefficient (Wildman–Crippen LogP) is 3.04. The van der Waals surface area contributed by atoms with Gasteiger partial charge in [0.25, 0.3) is 0 Å². The Morgan fingerprint density at radius 1 is 1.19 bits per heavy atom. The average Bonchev–Trinajstić information content (AvgIpc) is 2.76. The minimum atomic E-state index is -2.91. The van der Waals surface area contributed by atoms with Crippen LogP contribution in [0.2, 0.25) is 0 Å². The Morgan fingerprint density at radius 3 is 2.65 bits per heavy atom. The molecule has 0 bridgehead atoms. The maximum atomic E-state index is 12.3. The first-order chi connectivity index (χ1) is 12.5. The molecule has 2 aromatic carbocycles. The highest BCUT2D eigenvalue weighted by molar-refractivity contribution is 6.03. The summed E-state index contributed by atoms with van der Waals surface area (Å²) in [5.74, 6) is -0.102. The van der Waals surface area contributed by atoms with Gasteiger partial charge in [0.2, 0.25) is 11.8 Å². The van der Waals surface area contributed by atoms with E-state index in [9.17, 15) is 18.4 Å². The summed E-state index contributed by atoms with van der Waals surface area (Å²) in [6.45, 7) is -2.85. The molecule has 0 aliphatic carbocycles. The molecule has 0 fully saturated rings. The quantitative estimate of drug-likeness (QED) is 0.888. The summed E-state index contributed by atoms with van der Waals surface area (Å²) < 4.78 is 34.1. The fourth-order valence-corrected chi connectivity index (χ4v) is 2.56. The van der Waals surface area contributed by atoms with E-state index in [0.717, 1.165) is 0 Å². The van der Waals surface area contributed by atoms with Crippen LogP contribution in [0.4, 0.5) is 20.2 Å². The van der Waals surface area contributed by atoms with E-state index in [2.05, 4.69) is 10.1 Å². The van der Waals surface area contributed by atoms with Gasteiger partial charge in [-0.2, -0.15) is 8.78 Å². The molecule has 1 aliphatic rings. The second kappa shape index (κ2) is 7.81. The normalized spacial score (nSPS) is 13.7. The van der Waals surface area contributed by atoms with Crippen molar-refractivity contribution in [3.05, 3.63) is 48.5 Å². The Bertz CT molecular complexity index is 796. The summed E-state index contributed by atoms with van der Waals surface area (Å²) in [6.07, 6.45) is 0.168. The van der Waals surface area contributed by atoms with Crippen LogP contribution in [0.1, 0.15) is 6.42 Å². The molecule has 136 valence electrons. The summed E-state index contributed by atoms with van der Waals surface area (Å²) in [6, 6.07) is 12.5. The van der Waals surface area contributed by atoms with E-state index in [0.29, 0.717) is 17.1 Å². The fraction of sp³-hybridized carbons (Fsp3) is 0.222. The summed E-state index contributed by atoms with van der Waals surface area (Å²) >= 11 is 0. The number of alkyl halides is 2. The number of carbonyl (C=O) groups is 2. The first kappa shape index (κ1) is 17.7. The lowest BCUT2D eigenvalue weighted by molar-refractivity contribution is -0.121. The van der Waals surface area contributed by atoms with Crippen LogP contribution in [-0.2, 0) is 9.59 Å². The van der Waals surface area contributed by atoms with Crippen LogP contribution >= 0.6 is 0 Å². The number of nitrogens with one attached hydrogen (secondary N) is 1. The molecule has 1 N–H and O–H groups in total. The Hall–Kier alpha value is -3.16. The van der Waals surface area contributed by atoms with Crippen LogP contribution in [0.5, 0.6) is 11.5 Å². The molecule has 26 heavy (non-hydrogen) atoms. The highest BCUT2D eigenvalue weighted by atomic mass is 19.3. The Morgan fingerprint density at radius 2 is 1.92 bits per heavy atom. The number of hydrogen-bond donors (Lipinski definition) is 1. The lowest BCUT2D eigenvalue weighted by atomic mass is 10.2. The van der Waals surface area contributed by atoms with Gasteiger partial charge in [-0.3, -0.25) is 14.5 Å². The molecule has 0 unspecified atom stereocenters. The third kappa shape index (κ3) is 4.27. The molecule has 0 aromatic heterocycles. The summed E-state index contributed by atoms with van der Waals surface area (Å²) in [5, 5.41) is 2.62. The first-order valence-corrected chi connectivity index (χ1v) is 7.90.